The number of carbonyl (C=O) groups is 4. The first-order valence-corrected chi connectivity index (χ1v) is 30.4. The van der Waals surface area contributed by atoms with Gasteiger partial charge in [-0.25, -0.2) is 19.4 Å². The summed E-state index contributed by atoms with van der Waals surface area (Å²) < 4.78 is 11.6. The van der Waals surface area contributed by atoms with E-state index in [1.807, 2.05) is 90.6 Å². The third kappa shape index (κ3) is 13.8. The molecule has 4 aromatic rings. The van der Waals surface area contributed by atoms with Crippen LogP contribution in [0.3, 0.4) is 0 Å². The molecule has 4 aromatic carbocycles. The van der Waals surface area contributed by atoms with E-state index in [1.54, 1.807) is 53.9 Å². The minimum absolute atomic E-state index is 0.0216. The zero-order chi connectivity index (χ0) is 59.0. The first kappa shape index (κ1) is 62.6. The van der Waals surface area contributed by atoms with Gasteiger partial charge in [0.2, 0.25) is 23.6 Å². The first-order valence-electron chi connectivity index (χ1n) is 26.9. The Labute approximate surface area is 469 Å². The van der Waals surface area contributed by atoms with Gasteiger partial charge in [0.05, 0.1) is 62.7 Å². The van der Waals surface area contributed by atoms with Crippen molar-refractivity contribution in [1.29, 1.82) is 0 Å². The summed E-state index contributed by atoms with van der Waals surface area (Å²) in [5.41, 5.74) is 13.5. The molecule has 17 heteroatoms. The van der Waals surface area contributed by atoms with Gasteiger partial charge in [-0.15, -0.1) is 0 Å². The molecule has 4 heterocycles. The van der Waals surface area contributed by atoms with Gasteiger partial charge in [-0.3, -0.25) is 24.1 Å². The summed E-state index contributed by atoms with van der Waals surface area (Å²) >= 11 is 0. The molecule has 4 fully saturated rings. The van der Waals surface area contributed by atoms with Crippen molar-refractivity contribution in [3.8, 4) is 0 Å². The Kier molecular flexibility index (Phi) is 21.1. The Morgan fingerprint density at radius 2 is 0.722 bits per heavy atom. The second-order valence-electron chi connectivity index (χ2n) is 21.9. The molecular formula is C62H78N8O8Si. The number of benzene rings is 4. The predicted molar refractivity (Wildman–Crippen MR) is 315 cm³/mol. The highest BCUT2D eigenvalue weighted by atomic mass is 28.4. The second-order valence-corrected chi connectivity index (χ2v) is 26.3. The molecule has 2 N–H and O–H groups in total. The summed E-state index contributed by atoms with van der Waals surface area (Å²) in [6, 6.07) is 14.2. The zero-order valence-electron chi connectivity index (χ0n) is 48.7. The number of amides is 4. The summed E-state index contributed by atoms with van der Waals surface area (Å²) in [6.07, 6.45) is 3.66. The maximum Gasteiger partial charge on any atom is 0.229 e. The molecule has 4 aliphatic rings. The Hall–Kier alpha value is -7.22. The highest BCUT2D eigenvalue weighted by molar-refractivity contribution is 6.69. The number of aliphatic hydroxyl groups is 2. The standard InChI is InChI=1S/C18H26N2O2Si.2C15H18N2O2.C14H16N2O2/c1-12-13(2)16(9-8-15(12)19-4)20-17(10-11-18(20)21)14(3)22-23(5,6)7;2*1-9-10(2)13(6-5-12(9)16-4)17-14(11(3)18)7-8-15(17)19;1-9-10(2)12(6-5-11(9)15-3)16-13(17)7-8-14(16)18-4/h8-9,14,17H,10-11H2,1-3,5-7H3;2*5-6,11,14,18H,7-8H2,1-3H3;5-6,14H,7-8H2,1-2,4H3/t14?,17-;11-,14+;11-,14-;14-/m1010/s1. The highest BCUT2D eigenvalue weighted by Crippen LogP contribution is 2.40. The van der Waals surface area contributed by atoms with Crippen LogP contribution in [0.15, 0.2) is 48.5 Å². The molecule has 0 aromatic heterocycles. The second kappa shape index (κ2) is 26.6. The SMILES string of the molecule is [C-]#[N+]c1ccc(N2C(=O)CC[C@@H]2C(C)O[Si](C)(C)C)c(C)c1C.[C-]#[N+]c1ccc(N2C(=O)CC[C@@H]2OC)c(C)c1C.[C-]#[N+]c1ccc(N2C(=O)CC[C@@H]2[C@@H](C)O)c(C)c1C.[C-]#[N+]c1ccc(N2C(=O)CC[C@@H]2[C@H](C)O)c(C)c1C. The lowest BCUT2D eigenvalue weighted by molar-refractivity contribution is -0.118. The van der Waals surface area contributed by atoms with Crippen LogP contribution in [0.25, 0.3) is 19.4 Å². The van der Waals surface area contributed by atoms with Crippen molar-refractivity contribution in [2.75, 3.05) is 26.7 Å². The van der Waals surface area contributed by atoms with Crippen LogP contribution < -0.4 is 19.6 Å². The van der Waals surface area contributed by atoms with E-state index >= 15 is 0 Å². The maximum absolute atomic E-state index is 12.5. The van der Waals surface area contributed by atoms with Crippen LogP contribution in [-0.4, -0.2) is 91.9 Å². The predicted octanol–water partition coefficient (Wildman–Crippen LogP) is 13.0. The lowest BCUT2D eigenvalue weighted by Gasteiger charge is -2.34. The Morgan fingerprint density at radius 1 is 0.456 bits per heavy atom. The van der Waals surface area contributed by atoms with Gasteiger partial charge in [0, 0.05) is 62.0 Å². The number of anilines is 4. The van der Waals surface area contributed by atoms with E-state index in [4.69, 9.17) is 35.5 Å². The molecular weight excluding hydrogens is 1010 g/mol. The van der Waals surface area contributed by atoms with Crippen LogP contribution in [0.1, 0.15) is 117 Å². The average Bonchev–Trinajstić information content (AvgIpc) is 4.26. The average molecular weight is 1090 g/mol. The third-order valence-electron chi connectivity index (χ3n) is 15.8. The summed E-state index contributed by atoms with van der Waals surface area (Å²) in [4.78, 5) is 69.5. The van der Waals surface area contributed by atoms with Crippen LogP contribution in [0.4, 0.5) is 45.5 Å². The van der Waals surface area contributed by atoms with Crippen LogP contribution in [0.5, 0.6) is 0 Å². The maximum atomic E-state index is 12.5. The molecule has 8 rings (SSSR count). The summed E-state index contributed by atoms with van der Waals surface area (Å²) in [5.74, 6) is 0.326. The van der Waals surface area contributed by atoms with Gasteiger partial charge in [-0.2, -0.15) is 0 Å². The monoisotopic (exact) mass is 1090 g/mol. The van der Waals surface area contributed by atoms with E-state index in [0.29, 0.717) is 61.3 Å². The van der Waals surface area contributed by atoms with Crippen LogP contribution in [0.2, 0.25) is 19.6 Å². The van der Waals surface area contributed by atoms with Crippen LogP contribution in [0, 0.1) is 81.7 Å². The quantitative estimate of drug-likeness (QED) is 0.117. The van der Waals surface area contributed by atoms with Gasteiger partial charge < -0.3 is 34.1 Å². The van der Waals surface area contributed by atoms with Crippen LogP contribution in [-0.2, 0) is 28.3 Å². The molecule has 0 bridgehead atoms. The fourth-order valence-corrected chi connectivity index (χ4v) is 12.2. The lowest BCUT2D eigenvalue weighted by atomic mass is 10.0. The Bertz CT molecular complexity index is 3040. The molecule has 4 aliphatic heterocycles. The molecule has 418 valence electrons. The number of nitrogens with zero attached hydrogens (tertiary/aromatic N) is 8. The molecule has 4 saturated heterocycles. The molecule has 0 spiro atoms. The fourth-order valence-electron chi connectivity index (χ4n) is 10.9. The minimum atomic E-state index is -1.66. The smallest absolute Gasteiger partial charge is 0.229 e. The third-order valence-corrected chi connectivity index (χ3v) is 16.9. The largest absolute Gasteiger partial charge is 0.413 e. The Morgan fingerprint density at radius 3 is 1.00 bits per heavy atom. The van der Waals surface area contributed by atoms with Gasteiger partial charge in [0.1, 0.15) is 6.23 Å². The summed E-state index contributed by atoms with van der Waals surface area (Å²) in [7, 11) is -0.0404. The lowest BCUT2D eigenvalue weighted by Crippen LogP contribution is -2.45. The van der Waals surface area contributed by atoms with Gasteiger partial charge in [0.15, 0.2) is 31.1 Å². The molecule has 4 amide bonds. The van der Waals surface area contributed by atoms with Gasteiger partial charge >= 0.3 is 0 Å². The van der Waals surface area contributed by atoms with Crippen molar-refractivity contribution in [2.24, 2.45) is 0 Å². The first-order chi connectivity index (χ1) is 37.2. The van der Waals surface area contributed by atoms with E-state index in [1.165, 1.54) is 0 Å². The number of hydrogen-bond donors (Lipinski definition) is 2. The van der Waals surface area contributed by atoms with Gasteiger partial charge in [-0.05, 0) is 184 Å². The van der Waals surface area contributed by atoms with E-state index in [9.17, 15) is 29.4 Å². The van der Waals surface area contributed by atoms with Crippen molar-refractivity contribution >= 4 is 77.4 Å². The number of carbonyl (C=O) groups excluding carboxylic acids is 4. The van der Waals surface area contributed by atoms with Crippen molar-refractivity contribution in [1.82, 2.24) is 0 Å². The normalized spacial score (nSPS) is 20.0. The molecule has 79 heavy (non-hydrogen) atoms. The van der Waals surface area contributed by atoms with Crippen LogP contribution >= 0.6 is 0 Å². The van der Waals surface area contributed by atoms with Crippen molar-refractivity contribution in [3.05, 3.63) is 139 Å². The number of methoxy groups -OCH3 is 1. The topological polar surface area (TPSA) is 158 Å². The fraction of sp³-hybridized carbons (Fsp3) is 0.484. The Balaban J connectivity index is 0.000000195. The molecule has 7 atom stereocenters. The molecule has 16 nitrogen and oxygen atoms in total. The van der Waals surface area contributed by atoms with Crippen molar-refractivity contribution < 1.29 is 38.6 Å². The number of rotatable bonds is 10. The minimum Gasteiger partial charge on any atom is -0.413 e. The number of hydrogen-bond acceptors (Lipinski definition) is 8. The van der Waals surface area contributed by atoms with Crippen molar-refractivity contribution in [2.45, 2.75) is 190 Å². The van der Waals surface area contributed by atoms with Crippen molar-refractivity contribution in [3.63, 3.8) is 0 Å². The molecule has 0 saturated carbocycles. The van der Waals surface area contributed by atoms with E-state index in [0.717, 1.165) is 80.1 Å². The van der Waals surface area contributed by atoms with Gasteiger partial charge in [0.25, 0.3) is 0 Å². The summed E-state index contributed by atoms with van der Waals surface area (Å²) in [5, 5.41) is 19.6. The highest BCUT2D eigenvalue weighted by Gasteiger charge is 2.40. The van der Waals surface area contributed by atoms with Gasteiger partial charge in [-0.1, -0.05) is 24.3 Å². The van der Waals surface area contributed by atoms with E-state index in [2.05, 4.69) is 45.9 Å². The van der Waals surface area contributed by atoms with E-state index in [-0.39, 0.29) is 54.1 Å². The molecule has 0 aliphatic carbocycles. The number of ether oxygens (including phenoxy) is 1. The molecule has 1 unspecified atom stereocenters. The number of aliphatic hydroxyl groups excluding tert-OH is 2. The summed E-state index contributed by atoms with van der Waals surface area (Å²) in [6.45, 7) is 56.0. The zero-order valence-corrected chi connectivity index (χ0v) is 49.7. The van der Waals surface area contributed by atoms with E-state index < -0.39 is 20.5 Å². The molecule has 0 radical (unpaired) electrons.